The number of hydrogen-bond acceptors (Lipinski definition) is 9. The molecule has 2 aromatic heterocycles. The van der Waals surface area contributed by atoms with Crippen molar-refractivity contribution in [1.82, 2.24) is 20.2 Å². The molecule has 4 saturated heterocycles. The van der Waals surface area contributed by atoms with Crippen LogP contribution in [0, 0.1) is 28.9 Å². The summed E-state index contributed by atoms with van der Waals surface area (Å²) in [5.41, 5.74) is 2.25. The summed E-state index contributed by atoms with van der Waals surface area (Å²) in [4.78, 5) is 13.0. The summed E-state index contributed by atoms with van der Waals surface area (Å²) in [5.74, 6) is -1.74. The molecule has 0 unspecified atom stereocenters. The predicted octanol–water partition coefficient (Wildman–Crippen LogP) is 6.41. The summed E-state index contributed by atoms with van der Waals surface area (Å²) in [7, 11) is 0. The molecule has 8 rings (SSSR count). The van der Waals surface area contributed by atoms with Gasteiger partial charge in [-0.25, -0.2) is 13.2 Å². The van der Waals surface area contributed by atoms with E-state index in [0.29, 0.717) is 37.4 Å². The molecule has 4 atom stereocenters. The Kier molecular flexibility index (Phi) is 7.42. The summed E-state index contributed by atoms with van der Waals surface area (Å²) in [5, 5.41) is 12.8. The van der Waals surface area contributed by atoms with Crippen molar-refractivity contribution in [1.29, 1.82) is 5.26 Å². The third-order valence-corrected chi connectivity index (χ3v) is 11.6. The number of hydrogen-bond donors (Lipinski definition) is 2. The van der Waals surface area contributed by atoms with E-state index in [0.717, 1.165) is 50.6 Å². The molecule has 4 aliphatic heterocycles. The smallest absolute Gasteiger partial charge is 0.417 e. The molecule has 0 radical (unpaired) electrons. The fraction of sp³-hybridized carbons (Fsp3) is 0.485. The minimum Gasteiger partial charge on any atom is -0.461 e. The first-order chi connectivity index (χ1) is 23.0. The molecule has 0 saturated carbocycles. The molecule has 4 aliphatic rings. The third kappa shape index (κ3) is 4.86. The highest BCUT2D eigenvalue weighted by Gasteiger charge is 2.49. The first-order valence-corrected chi connectivity index (χ1v) is 16.8. The highest BCUT2D eigenvalue weighted by molar-refractivity contribution is 7.23. The third-order valence-electron chi connectivity index (χ3n) is 10.6. The van der Waals surface area contributed by atoms with E-state index in [2.05, 4.69) is 15.3 Å². The summed E-state index contributed by atoms with van der Waals surface area (Å²) in [6, 6.07) is 4.40. The number of halogens is 6. The Balaban J connectivity index is 1.35. The minimum absolute atomic E-state index is 0.0380. The average Bonchev–Trinajstić information content (AvgIpc) is 3.80. The fourth-order valence-electron chi connectivity index (χ4n) is 8.47. The number of fused-ring (bicyclic) bond motifs is 4. The normalized spacial score (nSPS) is 25.9. The monoisotopic (exact) mass is 687 g/mol. The fourth-order valence-corrected chi connectivity index (χ4v) is 9.41. The highest BCUT2D eigenvalue weighted by Crippen LogP contribution is 2.49. The number of nitrogens with two attached hydrogens (primary N) is 1. The van der Waals surface area contributed by atoms with Crippen LogP contribution in [0.25, 0.3) is 32.1 Å². The second-order valence-electron chi connectivity index (χ2n) is 13.3. The van der Waals surface area contributed by atoms with Gasteiger partial charge in [-0.2, -0.15) is 28.4 Å². The number of piperidine rings is 1. The van der Waals surface area contributed by atoms with Gasteiger partial charge in [0, 0.05) is 41.9 Å². The molecular formula is C33H31F6N7OS. The predicted molar refractivity (Wildman–Crippen MR) is 170 cm³/mol. The van der Waals surface area contributed by atoms with Crippen molar-refractivity contribution in [2.75, 3.05) is 50.0 Å². The topological polar surface area (TPSA) is 103 Å². The zero-order valence-electron chi connectivity index (χ0n) is 25.6. The first kappa shape index (κ1) is 31.4. The van der Waals surface area contributed by atoms with Gasteiger partial charge in [0.1, 0.15) is 41.0 Å². The molecule has 252 valence electrons. The maximum atomic E-state index is 17.1. The van der Waals surface area contributed by atoms with Gasteiger partial charge in [0.25, 0.3) is 0 Å². The van der Waals surface area contributed by atoms with E-state index >= 15 is 4.39 Å². The molecule has 4 fully saturated rings. The molecule has 0 aliphatic carbocycles. The van der Waals surface area contributed by atoms with Crippen molar-refractivity contribution in [2.45, 2.75) is 56.0 Å². The van der Waals surface area contributed by atoms with Gasteiger partial charge < -0.3 is 20.7 Å². The van der Waals surface area contributed by atoms with Crippen molar-refractivity contribution >= 4 is 43.1 Å². The lowest BCUT2D eigenvalue weighted by Gasteiger charge is -2.34. The van der Waals surface area contributed by atoms with Crippen LogP contribution in [0.3, 0.4) is 0 Å². The van der Waals surface area contributed by atoms with Gasteiger partial charge in [0.05, 0.1) is 21.4 Å². The number of rotatable bonds is 5. The molecule has 0 amide bonds. The quantitative estimate of drug-likeness (QED) is 0.232. The molecule has 6 heterocycles. The van der Waals surface area contributed by atoms with E-state index in [1.165, 1.54) is 0 Å². The molecule has 0 bridgehead atoms. The Morgan fingerprint density at radius 1 is 1.19 bits per heavy atom. The Bertz CT molecular complexity index is 2000. The number of thiophene rings is 1. The summed E-state index contributed by atoms with van der Waals surface area (Å²) in [6.07, 6.45) is -2.73. The van der Waals surface area contributed by atoms with Gasteiger partial charge in [-0.05, 0) is 68.9 Å². The SMILES string of the molecule is N#Cc1c(N)sc2c(F)ccc(-c3c(C(F)(F)F)cc4c(N5CC[C@@H]6CNCC[C@@H]65)nc(OC[C@@]56CCCN5C[C@H](F)C6)nc4c3F)c12. The van der Waals surface area contributed by atoms with E-state index in [9.17, 15) is 27.2 Å². The number of nitrogens with one attached hydrogen (secondary N) is 1. The number of aromatic nitrogens is 2. The lowest BCUT2D eigenvalue weighted by Crippen LogP contribution is -2.44. The zero-order valence-corrected chi connectivity index (χ0v) is 26.5. The molecule has 2 aromatic carbocycles. The van der Waals surface area contributed by atoms with Gasteiger partial charge in [0.2, 0.25) is 0 Å². The van der Waals surface area contributed by atoms with E-state index in [-0.39, 0.29) is 68.4 Å². The number of anilines is 2. The zero-order chi connectivity index (χ0) is 33.5. The number of ether oxygens (including phenoxy) is 1. The maximum Gasteiger partial charge on any atom is 0.417 e. The van der Waals surface area contributed by atoms with E-state index in [1.807, 2.05) is 15.9 Å². The molecule has 48 heavy (non-hydrogen) atoms. The van der Waals surface area contributed by atoms with Crippen molar-refractivity contribution in [2.24, 2.45) is 5.92 Å². The van der Waals surface area contributed by atoms with E-state index in [1.54, 1.807) is 0 Å². The number of alkyl halides is 4. The van der Waals surface area contributed by atoms with Crippen LogP contribution in [0.1, 0.15) is 43.2 Å². The maximum absolute atomic E-state index is 17.1. The van der Waals surface area contributed by atoms with Gasteiger partial charge in [-0.15, -0.1) is 11.3 Å². The second-order valence-corrected chi connectivity index (χ2v) is 14.3. The number of nitrogens with zero attached hydrogens (tertiary/aromatic N) is 5. The second kappa shape index (κ2) is 11.3. The lowest BCUT2D eigenvalue weighted by atomic mass is 9.92. The summed E-state index contributed by atoms with van der Waals surface area (Å²) in [6.45, 7) is 3.01. The molecular weight excluding hydrogens is 656 g/mol. The van der Waals surface area contributed by atoms with Crippen LogP contribution in [0.5, 0.6) is 6.01 Å². The average molecular weight is 688 g/mol. The number of benzene rings is 2. The highest BCUT2D eigenvalue weighted by atomic mass is 32.1. The number of nitrogen functional groups attached to an aromatic ring is 1. The van der Waals surface area contributed by atoms with Gasteiger partial charge in [-0.1, -0.05) is 6.07 Å². The van der Waals surface area contributed by atoms with Crippen molar-refractivity contribution in [3.05, 3.63) is 41.0 Å². The minimum atomic E-state index is -5.05. The number of nitriles is 1. The van der Waals surface area contributed by atoms with Crippen LogP contribution in [0.2, 0.25) is 0 Å². The van der Waals surface area contributed by atoms with Crippen molar-refractivity contribution in [3.63, 3.8) is 0 Å². The van der Waals surface area contributed by atoms with Gasteiger partial charge >= 0.3 is 12.2 Å². The van der Waals surface area contributed by atoms with Crippen molar-refractivity contribution < 1.29 is 31.1 Å². The molecule has 4 aromatic rings. The largest absolute Gasteiger partial charge is 0.461 e. The standard InChI is InChI=1S/C33H31F6N7OS/c34-17-11-32(6-1-8-45(32)14-17)15-47-31-43-27-19(30(44-31)46-9-5-16-13-42-7-4-23(16)46)10-21(33(37,38)39)25(26(27)36)18-2-3-22(35)28-24(18)20(12-40)29(41)48-28/h2-3,10,16-17,23,42H,1,4-9,11,13-15,41H2/t16-,17-,23+,32+/m1/s1. The van der Waals surface area contributed by atoms with Crippen molar-refractivity contribution in [3.8, 4) is 23.2 Å². The van der Waals surface area contributed by atoms with Crippen LogP contribution < -0.4 is 20.7 Å². The lowest BCUT2D eigenvalue weighted by molar-refractivity contribution is -0.137. The summed E-state index contributed by atoms with van der Waals surface area (Å²) < 4.78 is 97.4. The molecule has 0 spiro atoms. The Hall–Kier alpha value is -3.87. The summed E-state index contributed by atoms with van der Waals surface area (Å²) >= 11 is 0.708. The van der Waals surface area contributed by atoms with Crippen LogP contribution in [0.15, 0.2) is 18.2 Å². The van der Waals surface area contributed by atoms with Crippen LogP contribution in [0.4, 0.5) is 37.2 Å². The van der Waals surface area contributed by atoms with Gasteiger partial charge in [0.15, 0.2) is 5.82 Å². The Morgan fingerprint density at radius 3 is 2.81 bits per heavy atom. The molecule has 8 nitrogen and oxygen atoms in total. The van der Waals surface area contributed by atoms with Gasteiger partial charge in [-0.3, -0.25) is 4.90 Å². The van der Waals surface area contributed by atoms with E-state index in [4.69, 9.17) is 10.5 Å². The molecule has 15 heteroatoms. The Labute approximate surface area is 275 Å². The van der Waals surface area contributed by atoms with Crippen LogP contribution in [-0.2, 0) is 6.18 Å². The Morgan fingerprint density at radius 2 is 2.02 bits per heavy atom. The van der Waals surface area contributed by atoms with E-state index < -0.39 is 46.2 Å². The molecule has 3 N–H and O–H groups in total. The van der Waals surface area contributed by atoms with Crippen LogP contribution >= 0.6 is 11.3 Å². The van der Waals surface area contributed by atoms with Crippen LogP contribution in [-0.4, -0.2) is 72.0 Å². The first-order valence-electron chi connectivity index (χ1n) is 16.0.